The molecule has 1 N–H and O–H groups in total. The molecule has 0 saturated carbocycles. The van der Waals surface area contributed by atoms with E-state index in [-0.39, 0.29) is 29.5 Å². The van der Waals surface area contributed by atoms with Crippen LogP contribution in [0.25, 0.3) is 10.9 Å². The molecule has 1 fully saturated rings. The van der Waals surface area contributed by atoms with Gasteiger partial charge in [-0.2, -0.15) is 4.31 Å². The van der Waals surface area contributed by atoms with Crippen molar-refractivity contribution < 1.29 is 17.9 Å². The summed E-state index contributed by atoms with van der Waals surface area (Å²) in [5, 5.41) is 0.432. The number of H-pyrrole nitrogens is 1. The number of carbonyl (C=O) groups excluding carboxylic acids is 1. The molecule has 1 saturated heterocycles. The molecule has 2 heterocycles. The van der Waals surface area contributed by atoms with Crippen molar-refractivity contribution in [2.75, 3.05) is 39.4 Å². The SMILES string of the molecule is CCC(CC)CN(CC)C(=O)c1cc(=O)[nH]c2ccc(S(=O)(=O)N3CCOCC3)cc12. The van der Waals surface area contributed by atoms with E-state index in [1.807, 2.05) is 6.92 Å². The summed E-state index contributed by atoms with van der Waals surface area (Å²) in [4.78, 5) is 30.1. The fourth-order valence-corrected chi connectivity index (χ4v) is 5.33. The molecule has 3 rings (SSSR count). The number of carbonyl (C=O) groups is 1. The number of nitrogens with one attached hydrogen (secondary N) is 1. The Hall–Kier alpha value is -2.23. The Morgan fingerprint density at radius 3 is 2.45 bits per heavy atom. The number of aromatic amines is 1. The fraction of sp³-hybridized carbons (Fsp3) is 0.545. The number of aromatic nitrogens is 1. The molecule has 31 heavy (non-hydrogen) atoms. The van der Waals surface area contributed by atoms with E-state index in [2.05, 4.69) is 18.8 Å². The van der Waals surface area contributed by atoms with Crippen molar-refractivity contribution in [2.45, 2.75) is 38.5 Å². The number of nitrogens with zero attached hydrogens (tertiary/aromatic N) is 2. The van der Waals surface area contributed by atoms with Gasteiger partial charge in [-0.25, -0.2) is 8.42 Å². The zero-order valence-electron chi connectivity index (χ0n) is 18.4. The highest BCUT2D eigenvalue weighted by Crippen LogP contribution is 2.24. The first-order chi connectivity index (χ1) is 14.8. The number of benzene rings is 1. The second-order valence-electron chi connectivity index (χ2n) is 7.80. The summed E-state index contributed by atoms with van der Waals surface area (Å²) in [6.07, 6.45) is 1.91. The average molecular weight is 450 g/mol. The molecule has 0 atom stereocenters. The second-order valence-corrected chi connectivity index (χ2v) is 9.74. The second kappa shape index (κ2) is 9.93. The molecule has 8 nitrogen and oxygen atoms in total. The summed E-state index contributed by atoms with van der Waals surface area (Å²) in [5.41, 5.74) is 0.277. The monoisotopic (exact) mass is 449 g/mol. The maximum Gasteiger partial charge on any atom is 0.254 e. The number of amides is 1. The highest BCUT2D eigenvalue weighted by Gasteiger charge is 2.27. The van der Waals surface area contributed by atoms with Gasteiger partial charge in [0.1, 0.15) is 0 Å². The summed E-state index contributed by atoms with van der Waals surface area (Å²) < 4.78 is 32.8. The Labute approximate surface area is 183 Å². The third kappa shape index (κ3) is 4.99. The molecule has 1 amide bonds. The zero-order chi connectivity index (χ0) is 22.6. The summed E-state index contributed by atoms with van der Waals surface area (Å²) in [5.74, 6) is 0.112. The molecule has 0 radical (unpaired) electrons. The van der Waals surface area contributed by atoms with Crippen LogP contribution in [0, 0.1) is 5.92 Å². The quantitative estimate of drug-likeness (QED) is 0.667. The lowest BCUT2D eigenvalue weighted by Gasteiger charge is -2.27. The Morgan fingerprint density at radius 1 is 1.16 bits per heavy atom. The number of rotatable bonds is 8. The van der Waals surface area contributed by atoms with Crippen LogP contribution in [-0.2, 0) is 14.8 Å². The largest absolute Gasteiger partial charge is 0.379 e. The normalized spacial score (nSPS) is 15.5. The van der Waals surface area contributed by atoms with E-state index in [1.165, 1.54) is 22.5 Å². The molecular formula is C22H31N3O5S. The van der Waals surface area contributed by atoms with E-state index in [1.54, 1.807) is 11.0 Å². The number of morpholine rings is 1. The molecule has 0 bridgehead atoms. The number of fused-ring (bicyclic) bond motifs is 1. The molecule has 0 unspecified atom stereocenters. The minimum atomic E-state index is -3.72. The fourth-order valence-electron chi connectivity index (χ4n) is 3.89. The molecule has 170 valence electrons. The molecule has 0 aliphatic carbocycles. The van der Waals surface area contributed by atoms with Gasteiger partial charge in [0.2, 0.25) is 15.6 Å². The van der Waals surface area contributed by atoms with E-state index in [0.29, 0.717) is 43.1 Å². The molecule has 1 aromatic carbocycles. The van der Waals surface area contributed by atoms with Crippen LogP contribution in [-0.4, -0.2) is 67.9 Å². The van der Waals surface area contributed by atoms with Crippen molar-refractivity contribution in [1.82, 2.24) is 14.2 Å². The predicted octanol–water partition coefficient (Wildman–Crippen LogP) is 2.45. The van der Waals surface area contributed by atoms with Crippen LogP contribution < -0.4 is 5.56 Å². The van der Waals surface area contributed by atoms with Crippen molar-refractivity contribution in [1.29, 1.82) is 0 Å². The van der Waals surface area contributed by atoms with Gasteiger partial charge in [0, 0.05) is 43.1 Å². The van der Waals surface area contributed by atoms with Crippen molar-refractivity contribution in [3.63, 3.8) is 0 Å². The smallest absolute Gasteiger partial charge is 0.254 e. The van der Waals surface area contributed by atoms with Crippen molar-refractivity contribution >= 4 is 26.8 Å². The van der Waals surface area contributed by atoms with Crippen molar-refractivity contribution in [3.05, 3.63) is 40.2 Å². The minimum absolute atomic E-state index is 0.103. The summed E-state index contributed by atoms with van der Waals surface area (Å²) in [6.45, 7) is 8.49. The number of hydrogen-bond acceptors (Lipinski definition) is 5. The highest BCUT2D eigenvalue weighted by molar-refractivity contribution is 7.89. The van der Waals surface area contributed by atoms with Gasteiger partial charge in [-0.15, -0.1) is 0 Å². The zero-order valence-corrected chi connectivity index (χ0v) is 19.2. The lowest BCUT2D eigenvalue weighted by Crippen LogP contribution is -2.40. The molecule has 1 aliphatic rings. The number of ether oxygens (including phenoxy) is 1. The molecular weight excluding hydrogens is 418 g/mol. The third-order valence-electron chi connectivity index (χ3n) is 5.95. The van der Waals surface area contributed by atoms with Gasteiger partial charge < -0.3 is 14.6 Å². The topological polar surface area (TPSA) is 99.8 Å². The number of hydrogen-bond donors (Lipinski definition) is 1. The van der Waals surface area contributed by atoms with E-state index < -0.39 is 15.6 Å². The molecule has 9 heteroatoms. The summed E-state index contributed by atoms with van der Waals surface area (Å²) >= 11 is 0. The maximum absolute atomic E-state index is 13.4. The van der Waals surface area contributed by atoms with Gasteiger partial charge in [0.05, 0.1) is 23.7 Å². The first-order valence-corrected chi connectivity index (χ1v) is 12.3. The van der Waals surface area contributed by atoms with Gasteiger partial charge in [-0.1, -0.05) is 26.7 Å². The summed E-state index contributed by atoms with van der Waals surface area (Å²) in [7, 11) is -3.72. The first-order valence-electron chi connectivity index (χ1n) is 10.9. The molecule has 1 aliphatic heterocycles. The molecule has 1 aromatic heterocycles. The predicted molar refractivity (Wildman–Crippen MR) is 120 cm³/mol. The van der Waals surface area contributed by atoms with Crippen LogP contribution in [0.3, 0.4) is 0 Å². The molecule has 2 aromatic rings. The maximum atomic E-state index is 13.4. The highest BCUT2D eigenvalue weighted by atomic mass is 32.2. The van der Waals surface area contributed by atoms with Gasteiger partial charge in [-0.3, -0.25) is 9.59 Å². The van der Waals surface area contributed by atoms with Crippen LogP contribution >= 0.6 is 0 Å². The Balaban J connectivity index is 2.06. The summed E-state index contributed by atoms with van der Waals surface area (Å²) in [6, 6.07) is 5.79. The van der Waals surface area contributed by atoms with E-state index >= 15 is 0 Å². The number of sulfonamides is 1. The van der Waals surface area contributed by atoms with Crippen LogP contribution in [0.5, 0.6) is 0 Å². The van der Waals surface area contributed by atoms with Crippen LogP contribution in [0.15, 0.2) is 34.0 Å². The van der Waals surface area contributed by atoms with Gasteiger partial charge in [-0.05, 0) is 31.0 Å². The van der Waals surface area contributed by atoms with Crippen LogP contribution in [0.1, 0.15) is 44.0 Å². The van der Waals surface area contributed by atoms with Gasteiger partial charge >= 0.3 is 0 Å². The van der Waals surface area contributed by atoms with Crippen LogP contribution in [0.2, 0.25) is 0 Å². The van der Waals surface area contributed by atoms with E-state index in [9.17, 15) is 18.0 Å². The minimum Gasteiger partial charge on any atom is -0.379 e. The Morgan fingerprint density at radius 2 is 1.84 bits per heavy atom. The van der Waals surface area contributed by atoms with Crippen LogP contribution in [0.4, 0.5) is 0 Å². The lowest BCUT2D eigenvalue weighted by atomic mass is 10.0. The molecule has 0 spiro atoms. The Bertz CT molecular complexity index is 1090. The van der Waals surface area contributed by atoms with Gasteiger partial charge in [0.15, 0.2) is 0 Å². The third-order valence-corrected chi connectivity index (χ3v) is 7.85. The van der Waals surface area contributed by atoms with Gasteiger partial charge in [0.25, 0.3) is 5.91 Å². The van der Waals surface area contributed by atoms with Crippen molar-refractivity contribution in [2.24, 2.45) is 5.92 Å². The average Bonchev–Trinajstić information content (AvgIpc) is 2.79. The first kappa shape index (κ1) is 23.4. The van der Waals surface area contributed by atoms with E-state index in [0.717, 1.165) is 12.8 Å². The lowest BCUT2D eigenvalue weighted by molar-refractivity contribution is 0.0730. The van der Waals surface area contributed by atoms with E-state index in [4.69, 9.17) is 4.74 Å². The van der Waals surface area contributed by atoms with Crippen molar-refractivity contribution in [3.8, 4) is 0 Å². The Kier molecular flexibility index (Phi) is 7.51. The standard InChI is InChI=1S/C22H31N3O5S/c1-4-16(5-2)15-24(6-3)22(27)19-14-21(26)23-20-8-7-17(13-18(19)20)31(28,29)25-9-11-30-12-10-25/h7-8,13-14,16H,4-6,9-12,15H2,1-3H3,(H,23,26). The number of pyridine rings is 1.